The van der Waals surface area contributed by atoms with Crippen LogP contribution in [0.4, 0.5) is 8.78 Å². The second kappa shape index (κ2) is 4.36. The molecular weight excluding hydrogens is 252 g/mol. The Morgan fingerprint density at radius 1 is 1.29 bits per heavy atom. The second-order valence-corrected chi connectivity index (χ2v) is 4.26. The van der Waals surface area contributed by atoms with Crippen LogP contribution in [0.25, 0.3) is 0 Å². The number of nitrogens with two attached hydrogens (primary N) is 1. The highest BCUT2D eigenvalue weighted by Gasteiger charge is 2.20. The summed E-state index contributed by atoms with van der Waals surface area (Å²) in [5, 5.41) is 0. The number of hydrogen-bond acceptors (Lipinski definition) is 1. The lowest BCUT2D eigenvalue weighted by atomic mass is 9.94. The highest BCUT2D eigenvalue weighted by Crippen LogP contribution is 2.28. The molecule has 0 aromatic heterocycles. The van der Waals surface area contributed by atoms with Crippen LogP contribution >= 0.6 is 15.9 Å². The Bertz CT molecular complexity index is 339. The van der Waals surface area contributed by atoms with E-state index in [1.54, 1.807) is 13.8 Å². The van der Waals surface area contributed by atoms with E-state index in [2.05, 4.69) is 15.9 Å². The van der Waals surface area contributed by atoms with E-state index in [0.29, 0.717) is 0 Å². The van der Waals surface area contributed by atoms with Gasteiger partial charge in [0.25, 0.3) is 0 Å². The summed E-state index contributed by atoms with van der Waals surface area (Å²) in [7, 11) is 0. The highest BCUT2D eigenvalue weighted by molar-refractivity contribution is 9.10. The van der Waals surface area contributed by atoms with Crippen LogP contribution in [0.3, 0.4) is 0 Å². The SMILES string of the molecule is CC(N)C(C)c1c(F)ccc(Br)c1F. The van der Waals surface area contributed by atoms with Gasteiger partial charge in [-0.05, 0) is 35.0 Å². The van der Waals surface area contributed by atoms with Gasteiger partial charge in [-0.3, -0.25) is 0 Å². The van der Waals surface area contributed by atoms with Gasteiger partial charge in [-0.1, -0.05) is 6.92 Å². The summed E-state index contributed by atoms with van der Waals surface area (Å²) >= 11 is 3.02. The normalized spacial score (nSPS) is 15.3. The maximum Gasteiger partial charge on any atom is 0.143 e. The Kier molecular flexibility index (Phi) is 3.61. The van der Waals surface area contributed by atoms with Gasteiger partial charge in [0.05, 0.1) is 4.47 Å². The third-order valence-corrected chi connectivity index (χ3v) is 2.94. The molecule has 0 aliphatic rings. The maximum absolute atomic E-state index is 13.5. The lowest BCUT2D eigenvalue weighted by molar-refractivity contribution is 0.500. The van der Waals surface area contributed by atoms with E-state index < -0.39 is 11.6 Å². The lowest BCUT2D eigenvalue weighted by Gasteiger charge is -2.17. The Hall–Kier alpha value is -0.480. The molecule has 1 aromatic carbocycles. The topological polar surface area (TPSA) is 26.0 Å². The predicted octanol–water partition coefficient (Wildman–Crippen LogP) is 3.18. The molecule has 4 heteroatoms. The van der Waals surface area contributed by atoms with Gasteiger partial charge in [-0.25, -0.2) is 8.78 Å². The van der Waals surface area contributed by atoms with Crippen LogP contribution in [-0.4, -0.2) is 6.04 Å². The summed E-state index contributed by atoms with van der Waals surface area (Å²) in [5.41, 5.74) is 5.66. The quantitative estimate of drug-likeness (QED) is 0.816. The van der Waals surface area contributed by atoms with E-state index in [1.807, 2.05) is 0 Å². The largest absolute Gasteiger partial charge is 0.327 e. The van der Waals surface area contributed by atoms with Crippen molar-refractivity contribution in [2.75, 3.05) is 0 Å². The molecule has 2 N–H and O–H groups in total. The Morgan fingerprint density at radius 2 is 1.86 bits per heavy atom. The standard InChI is InChI=1S/C10H12BrF2N/c1-5(6(2)14)9-8(12)4-3-7(11)10(9)13/h3-6H,14H2,1-2H3. The minimum atomic E-state index is -0.560. The van der Waals surface area contributed by atoms with E-state index in [9.17, 15) is 8.78 Å². The molecule has 0 radical (unpaired) electrons. The van der Waals surface area contributed by atoms with Crippen LogP contribution < -0.4 is 5.73 Å². The molecule has 78 valence electrons. The van der Waals surface area contributed by atoms with Crippen molar-refractivity contribution in [2.24, 2.45) is 5.73 Å². The van der Waals surface area contributed by atoms with Gasteiger partial charge in [0, 0.05) is 17.5 Å². The molecule has 1 rings (SSSR count). The van der Waals surface area contributed by atoms with Gasteiger partial charge in [0.1, 0.15) is 11.6 Å². The monoisotopic (exact) mass is 263 g/mol. The Morgan fingerprint density at radius 3 is 2.36 bits per heavy atom. The van der Waals surface area contributed by atoms with E-state index in [0.717, 1.165) is 0 Å². The minimum Gasteiger partial charge on any atom is -0.327 e. The molecular formula is C10H12BrF2N. The molecule has 1 nitrogen and oxygen atoms in total. The summed E-state index contributed by atoms with van der Waals surface area (Å²) in [5.74, 6) is -1.45. The van der Waals surface area contributed by atoms with Crippen LogP contribution in [-0.2, 0) is 0 Å². The van der Waals surface area contributed by atoms with E-state index >= 15 is 0 Å². The lowest BCUT2D eigenvalue weighted by Crippen LogP contribution is -2.24. The molecule has 0 spiro atoms. The third kappa shape index (κ3) is 2.12. The first-order chi connectivity index (χ1) is 6.45. The van der Waals surface area contributed by atoms with Crippen molar-refractivity contribution in [1.82, 2.24) is 0 Å². The van der Waals surface area contributed by atoms with Crippen molar-refractivity contribution in [3.05, 3.63) is 33.8 Å². The number of hydrogen-bond donors (Lipinski definition) is 1. The fraction of sp³-hybridized carbons (Fsp3) is 0.400. The zero-order valence-corrected chi connectivity index (χ0v) is 9.61. The van der Waals surface area contributed by atoms with E-state index in [4.69, 9.17) is 5.73 Å². The molecule has 14 heavy (non-hydrogen) atoms. The Balaban J connectivity index is 3.25. The van der Waals surface area contributed by atoms with E-state index in [1.165, 1.54) is 12.1 Å². The molecule has 0 saturated heterocycles. The zero-order valence-electron chi connectivity index (χ0n) is 8.02. The molecule has 1 aromatic rings. The zero-order chi connectivity index (χ0) is 10.9. The van der Waals surface area contributed by atoms with Crippen molar-refractivity contribution < 1.29 is 8.78 Å². The molecule has 0 amide bonds. The average molecular weight is 264 g/mol. The smallest absolute Gasteiger partial charge is 0.143 e. The average Bonchev–Trinajstić information content (AvgIpc) is 2.12. The highest BCUT2D eigenvalue weighted by atomic mass is 79.9. The van der Waals surface area contributed by atoms with Crippen molar-refractivity contribution >= 4 is 15.9 Å². The van der Waals surface area contributed by atoms with Crippen molar-refractivity contribution in [3.8, 4) is 0 Å². The van der Waals surface area contributed by atoms with Gasteiger partial charge in [-0.15, -0.1) is 0 Å². The first kappa shape index (κ1) is 11.6. The van der Waals surface area contributed by atoms with Crippen LogP contribution in [0.1, 0.15) is 25.3 Å². The summed E-state index contributed by atoms with van der Waals surface area (Å²) in [6.07, 6.45) is 0. The summed E-state index contributed by atoms with van der Waals surface area (Å²) in [6, 6.07) is 2.30. The summed E-state index contributed by atoms with van der Waals surface area (Å²) < 4.78 is 27.1. The number of halogens is 3. The molecule has 0 heterocycles. The van der Waals surface area contributed by atoms with Crippen molar-refractivity contribution in [2.45, 2.75) is 25.8 Å². The fourth-order valence-electron chi connectivity index (χ4n) is 1.22. The van der Waals surface area contributed by atoms with Crippen LogP contribution in [0.5, 0.6) is 0 Å². The Labute approximate surface area is 90.4 Å². The molecule has 2 unspecified atom stereocenters. The summed E-state index contributed by atoms with van der Waals surface area (Å²) in [6.45, 7) is 3.43. The molecule has 0 aliphatic carbocycles. The van der Waals surface area contributed by atoms with Crippen LogP contribution in [0.15, 0.2) is 16.6 Å². The number of benzene rings is 1. The fourth-order valence-corrected chi connectivity index (χ4v) is 1.57. The molecule has 0 bridgehead atoms. The van der Waals surface area contributed by atoms with Gasteiger partial charge in [-0.2, -0.15) is 0 Å². The van der Waals surface area contributed by atoms with Gasteiger partial charge in [0.2, 0.25) is 0 Å². The van der Waals surface area contributed by atoms with Crippen molar-refractivity contribution in [3.63, 3.8) is 0 Å². The molecule has 0 fully saturated rings. The molecule has 0 aliphatic heterocycles. The van der Waals surface area contributed by atoms with Gasteiger partial charge in [0.15, 0.2) is 0 Å². The molecule has 0 saturated carbocycles. The van der Waals surface area contributed by atoms with Crippen LogP contribution in [0.2, 0.25) is 0 Å². The van der Waals surface area contributed by atoms with Gasteiger partial charge < -0.3 is 5.73 Å². The second-order valence-electron chi connectivity index (χ2n) is 3.40. The van der Waals surface area contributed by atoms with Crippen molar-refractivity contribution in [1.29, 1.82) is 0 Å². The maximum atomic E-state index is 13.5. The van der Waals surface area contributed by atoms with E-state index in [-0.39, 0.29) is 22.0 Å². The molecule has 2 atom stereocenters. The minimum absolute atomic E-state index is 0.0503. The first-order valence-electron chi connectivity index (χ1n) is 4.34. The summed E-state index contributed by atoms with van der Waals surface area (Å²) in [4.78, 5) is 0. The van der Waals surface area contributed by atoms with Crippen LogP contribution in [0, 0.1) is 11.6 Å². The predicted molar refractivity (Wildman–Crippen MR) is 56.1 cm³/mol. The van der Waals surface area contributed by atoms with Gasteiger partial charge >= 0.3 is 0 Å². The number of rotatable bonds is 2. The third-order valence-electron chi connectivity index (χ3n) is 2.32. The first-order valence-corrected chi connectivity index (χ1v) is 5.13.